The van der Waals surface area contributed by atoms with E-state index in [0.717, 1.165) is 80.1 Å². The van der Waals surface area contributed by atoms with Crippen LogP contribution >= 0.6 is 47.0 Å². The summed E-state index contributed by atoms with van der Waals surface area (Å²) in [6.07, 6.45) is 0. The summed E-state index contributed by atoms with van der Waals surface area (Å²) < 4.78 is 11.4. The Morgan fingerprint density at radius 1 is 0.391 bits per heavy atom. The topological polar surface area (TPSA) is 52.1 Å². The van der Waals surface area contributed by atoms with E-state index < -0.39 is 0 Å². The molecule has 6 heterocycles. The van der Waals surface area contributed by atoms with E-state index in [4.69, 9.17) is 9.05 Å². The van der Waals surface area contributed by atoms with Crippen LogP contribution in [0.1, 0.15) is 44.9 Å². The van der Waals surface area contributed by atoms with E-state index in [-0.39, 0.29) is 0 Å². The van der Waals surface area contributed by atoms with Crippen LogP contribution in [0.25, 0.3) is 22.5 Å². The first kappa shape index (κ1) is 31.3. The van der Waals surface area contributed by atoms with Gasteiger partial charge in [0.15, 0.2) is 0 Å². The zero-order chi connectivity index (χ0) is 31.0. The number of aromatic nitrogens is 2. The van der Waals surface area contributed by atoms with E-state index in [1.165, 1.54) is 33.4 Å². The maximum absolute atomic E-state index is 5.72. The van der Waals surface area contributed by atoms with Crippen molar-refractivity contribution in [1.29, 1.82) is 0 Å². The van der Waals surface area contributed by atoms with Gasteiger partial charge in [0.05, 0.1) is 11.5 Å². The number of rotatable bonds is 0. The second kappa shape index (κ2) is 15.5. The Labute approximate surface area is 287 Å². The highest BCUT2D eigenvalue weighted by atomic mass is 32.2. The van der Waals surface area contributed by atoms with Gasteiger partial charge in [-0.25, -0.2) is 0 Å². The van der Waals surface area contributed by atoms with Crippen LogP contribution in [0.3, 0.4) is 0 Å². The van der Waals surface area contributed by atoms with E-state index >= 15 is 0 Å². The molecule has 0 saturated carbocycles. The van der Waals surface area contributed by atoms with Crippen LogP contribution in [-0.2, 0) is 46.0 Å². The maximum Gasteiger partial charge on any atom is 0.147 e. The van der Waals surface area contributed by atoms with Gasteiger partial charge in [0.25, 0.3) is 0 Å². The van der Waals surface area contributed by atoms with Crippen molar-refractivity contribution in [3.05, 3.63) is 154 Å². The van der Waals surface area contributed by atoms with E-state index in [1.54, 1.807) is 0 Å². The molecule has 8 bridgehead atoms. The Bertz CT molecular complexity index is 1730. The molecule has 4 nitrogen and oxygen atoms in total. The molecule has 0 fully saturated rings. The summed E-state index contributed by atoms with van der Waals surface area (Å²) in [5, 5.41) is 8.75. The van der Waals surface area contributed by atoms with Crippen molar-refractivity contribution in [1.82, 2.24) is 10.3 Å². The highest BCUT2D eigenvalue weighted by molar-refractivity contribution is 7.98. The second-order valence-electron chi connectivity index (χ2n) is 11.3. The zero-order valence-corrected chi connectivity index (χ0v) is 28.7. The fraction of sp³-hybridized carbons (Fsp3) is 0.211. The van der Waals surface area contributed by atoms with Gasteiger partial charge in [0.1, 0.15) is 22.9 Å². The molecule has 0 spiro atoms. The van der Waals surface area contributed by atoms with Gasteiger partial charge < -0.3 is 9.05 Å². The maximum atomic E-state index is 5.72. The number of nitrogens with zero attached hydrogens (tertiary/aromatic N) is 2. The summed E-state index contributed by atoms with van der Waals surface area (Å²) in [5.74, 6) is 9.18. The van der Waals surface area contributed by atoms with E-state index in [1.807, 2.05) is 47.0 Å². The SMILES string of the molecule is c1ccc2c(c1)CSCc1ccc(cc1)-c1cc(on1)CSCc1ccccc1CSCc1ccc(cc1)-c1cc(on1)CSC2. The number of thioether (sulfide) groups is 4. The minimum atomic E-state index is 0.794. The number of hydrogen-bond acceptors (Lipinski definition) is 8. The molecule has 4 aromatic carbocycles. The van der Waals surface area contributed by atoms with Gasteiger partial charge in [0.2, 0.25) is 0 Å². The van der Waals surface area contributed by atoms with Crippen LogP contribution in [0.5, 0.6) is 0 Å². The van der Waals surface area contributed by atoms with E-state index in [0.29, 0.717) is 0 Å². The lowest BCUT2D eigenvalue weighted by atomic mass is 10.1. The molecule has 4 aliphatic heterocycles. The normalized spacial score (nSPS) is 14.8. The van der Waals surface area contributed by atoms with Gasteiger partial charge in [-0.3, -0.25) is 0 Å². The Kier molecular flexibility index (Phi) is 10.6. The molecule has 0 unspecified atom stereocenters. The first-order valence-corrected chi connectivity index (χ1v) is 19.9. The highest BCUT2D eigenvalue weighted by Gasteiger charge is 2.11. The Morgan fingerprint density at radius 2 is 0.739 bits per heavy atom. The van der Waals surface area contributed by atoms with Crippen LogP contribution in [0.2, 0.25) is 0 Å². The Balaban J connectivity index is 1.07. The largest absolute Gasteiger partial charge is 0.360 e. The van der Waals surface area contributed by atoms with E-state index in [9.17, 15) is 0 Å². The van der Waals surface area contributed by atoms with Crippen LogP contribution in [-0.4, -0.2) is 10.3 Å². The Morgan fingerprint density at radius 3 is 1.11 bits per heavy atom. The Hall–Kier alpha value is -3.30. The van der Waals surface area contributed by atoms with Gasteiger partial charge in [0, 0.05) is 57.8 Å². The van der Waals surface area contributed by atoms with Crippen molar-refractivity contribution in [2.75, 3.05) is 0 Å². The molecule has 0 aliphatic carbocycles. The summed E-state index contributed by atoms with van der Waals surface area (Å²) in [6.45, 7) is 0. The predicted octanol–water partition coefficient (Wildman–Crippen LogP) is 11.0. The van der Waals surface area contributed by atoms with Gasteiger partial charge in [-0.05, 0) is 33.4 Å². The second-order valence-corrected chi connectivity index (χ2v) is 15.2. The molecule has 4 aliphatic rings. The third-order valence-electron chi connectivity index (χ3n) is 7.91. The van der Waals surface area contributed by atoms with Crippen molar-refractivity contribution in [2.45, 2.75) is 46.0 Å². The fourth-order valence-electron chi connectivity index (χ4n) is 5.34. The molecule has 46 heavy (non-hydrogen) atoms. The van der Waals surface area contributed by atoms with Crippen LogP contribution < -0.4 is 0 Å². The first-order valence-electron chi connectivity index (χ1n) is 15.3. The van der Waals surface area contributed by atoms with Gasteiger partial charge in [-0.2, -0.15) is 23.5 Å². The molecule has 8 heteroatoms. The molecule has 2 aromatic heterocycles. The van der Waals surface area contributed by atoms with Gasteiger partial charge in [-0.15, -0.1) is 23.5 Å². The molecular formula is C38H34N2O2S4. The summed E-state index contributed by atoms with van der Waals surface area (Å²) in [5.41, 5.74) is 12.1. The molecule has 0 amide bonds. The predicted molar refractivity (Wildman–Crippen MR) is 197 cm³/mol. The summed E-state index contributed by atoms with van der Waals surface area (Å²) in [7, 11) is 0. The lowest BCUT2D eigenvalue weighted by molar-refractivity contribution is 0.397. The molecule has 232 valence electrons. The smallest absolute Gasteiger partial charge is 0.147 e. The standard InChI is InChI=1S/C38H34N2O2S4/c1-3-7-33-23-45-25-35-17-37(39-41-35)30-15-11-28(12-16-30)20-44-22-32-6-2-4-8-34(32)24-46-26-36-18-38(40-42-36)29-13-9-27(10-14-29)19-43-21-31(33)5-1/h1-18H,19-26H2. The van der Waals surface area contributed by atoms with Crippen LogP contribution in [0.4, 0.5) is 0 Å². The van der Waals surface area contributed by atoms with Crippen LogP contribution in [0.15, 0.2) is 118 Å². The minimum Gasteiger partial charge on any atom is -0.360 e. The summed E-state index contributed by atoms with van der Waals surface area (Å²) >= 11 is 7.64. The average Bonchev–Trinajstić information content (AvgIpc) is 3.77. The molecule has 6 aromatic rings. The van der Waals surface area contributed by atoms with Crippen molar-refractivity contribution in [3.8, 4) is 22.5 Å². The molecule has 0 radical (unpaired) electrons. The average molecular weight is 679 g/mol. The molecular weight excluding hydrogens is 645 g/mol. The molecule has 10 rings (SSSR count). The lowest BCUT2D eigenvalue weighted by Crippen LogP contribution is -1.92. The van der Waals surface area contributed by atoms with Gasteiger partial charge >= 0.3 is 0 Å². The van der Waals surface area contributed by atoms with Crippen molar-refractivity contribution < 1.29 is 9.05 Å². The number of hydrogen-bond donors (Lipinski definition) is 0. The highest BCUT2D eigenvalue weighted by Crippen LogP contribution is 2.30. The molecule has 0 atom stereocenters. The third-order valence-corrected chi connectivity index (χ3v) is 12.0. The fourth-order valence-corrected chi connectivity index (χ4v) is 9.28. The van der Waals surface area contributed by atoms with Crippen molar-refractivity contribution >= 4 is 47.0 Å². The van der Waals surface area contributed by atoms with Crippen molar-refractivity contribution in [2.24, 2.45) is 0 Å². The monoisotopic (exact) mass is 678 g/mol. The first-order chi connectivity index (χ1) is 22.8. The molecule has 0 saturated heterocycles. The summed E-state index contributed by atoms with van der Waals surface area (Å²) in [6, 6.07) is 39.2. The minimum absolute atomic E-state index is 0.794. The quantitative estimate of drug-likeness (QED) is 0.157. The third kappa shape index (κ3) is 8.15. The van der Waals surface area contributed by atoms with Crippen LogP contribution in [0, 0.1) is 0 Å². The lowest BCUT2D eigenvalue weighted by Gasteiger charge is -2.09. The molecule has 0 N–H and O–H groups in total. The summed E-state index contributed by atoms with van der Waals surface area (Å²) in [4.78, 5) is 0. The van der Waals surface area contributed by atoms with E-state index in [2.05, 4.69) is 120 Å². The van der Waals surface area contributed by atoms with Crippen molar-refractivity contribution in [3.63, 3.8) is 0 Å². The zero-order valence-electron chi connectivity index (χ0n) is 25.4. The van der Waals surface area contributed by atoms with Gasteiger partial charge in [-0.1, -0.05) is 107 Å². The number of benzene rings is 4.